The SMILES string of the molecule is Nc1ccc(C(=O)Oc2cc(N)n(S(=O)(=O)c3ccc(Oc4ccccc4)cc3)n2)cc1. The Hall–Kier alpha value is -4.31. The molecule has 0 saturated heterocycles. The molecule has 10 heteroatoms. The fraction of sp³-hybridized carbons (Fsp3) is 0. The molecule has 0 aliphatic heterocycles. The largest absolute Gasteiger partial charge is 0.457 e. The van der Waals surface area contributed by atoms with E-state index in [4.69, 9.17) is 20.9 Å². The number of carbonyl (C=O) groups excluding carboxylic acids is 1. The molecule has 162 valence electrons. The summed E-state index contributed by atoms with van der Waals surface area (Å²) in [6.45, 7) is 0. The summed E-state index contributed by atoms with van der Waals surface area (Å²) in [6.07, 6.45) is 0. The number of nitrogen functional groups attached to an aromatic ring is 2. The fourth-order valence-corrected chi connectivity index (χ4v) is 3.98. The lowest BCUT2D eigenvalue weighted by atomic mass is 10.2. The number of aromatic nitrogens is 2. The van der Waals surface area contributed by atoms with Gasteiger partial charge < -0.3 is 20.9 Å². The molecule has 0 spiro atoms. The van der Waals surface area contributed by atoms with Crippen molar-refractivity contribution in [3.05, 3.63) is 90.5 Å². The maximum Gasteiger partial charge on any atom is 0.344 e. The van der Waals surface area contributed by atoms with E-state index in [1.54, 1.807) is 24.3 Å². The number of para-hydroxylation sites is 1. The zero-order valence-electron chi connectivity index (χ0n) is 16.6. The molecule has 9 nitrogen and oxygen atoms in total. The number of ether oxygens (including phenoxy) is 2. The summed E-state index contributed by atoms with van der Waals surface area (Å²) in [5.74, 6) is -0.116. The summed E-state index contributed by atoms with van der Waals surface area (Å²) in [5, 5.41) is 3.84. The van der Waals surface area contributed by atoms with Crippen molar-refractivity contribution in [1.82, 2.24) is 9.19 Å². The van der Waals surface area contributed by atoms with Crippen LogP contribution in [0.2, 0.25) is 0 Å². The molecular weight excluding hydrogens is 432 g/mol. The van der Waals surface area contributed by atoms with Crippen molar-refractivity contribution in [2.45, 2.75) is 4.90 Å². The molecule has 4 N–H and O–H groups in total. The molecule has 4 rings (SSSR count). The standard InChI is InChI=1S/C22H18N4O5S/c23-16-8-6-15(7-9-16)22(27)31-21-14-20(24)26(25-21)32(28,29)19-12-10-18(11-13-19)30-17-4-2-1-3-5-17/h1-14H,23-24H2. The van der Waals surface area contributed by atoms with E-state index in [-0.39, 0.29) is 22.2 Å². The minimum Gasteiger partial charge on any atom is -0.457 e. The number of anilines is 2. The van der Waals surface area contributed by atoms with Crippen molar-refractivity contribution in [2.75, 3.05) is 11.5 Å². The Labute approximate surface area is 183 Å². The molecule has 1 aromatic heterocycles. The van der Waals surface area contributed by atoms with Crippen LogP contribution in [-0.2, 0) is 10.0 Å². The smallest absolute Gasteiger partial charge is 0.344 e. The molecule has 4 aromatic rings. The van der Waals surface area contributed by atoms with Gasteiger partial charge in [-0.1, -0.05) is 18.2 Å². The van der Waals surface area contributed by atoms with Crippen molar-refractivity contribution < 1.29 is 22.7 Å². The minimum absolute atomic E-state index is 0.0656. The third kappa shape index (κ3) is 4.40. The van der Waals surface area contributed by atoms with Gasteiger partial charge in [-0.15, -0.1) is 9.19 Å². The quantitative estimate of drug-likeness (QED) is 0.337. The summed E-state index contributed by atoms with van der Waals surface area (Å²) in [4.78, 5) is 12.2. The van der Waals surface area contributed by atoms with Crippen LogP contribution in [0.3, 0.4) is 0 Å². The Morgan fingerprint density at radius 1 is 0.844 bits per heavy atom. The number of nitrogens with two attached hydrogens (primary N) is 2. The molecule has 0 fully saturated rings. The van der Waals surface area contributed by atoms with Gasteiger partial charge in [-0.05, 0) is 60.7 Å². The molecule has 0 radical (unpaired) electrons. The number of nitrogens with zero attached hydrogens (tertiary/aromatic N) is 2. The Morgan fingerprint density at radius 2 is 1.47 bits per heavy atom. The predicted molar refractivity (Wildman–Crippen MR) is 118 cm³/mol. The summed E-state index contributed by atoms with van der Waals surface area (Å²) in [6, 6.07) is 22.0. The molecule has 1 heterocycles. The van der Waals surface area contributed by atoms with Crippen LogP contribution >= 0.6 is 0 Å². The monoisotopic (exact) mass is 450 g/mol. The number of rotatable bonds is 6. The van der Waals surface area contributed by atoms with Gasteiger partial charge in [0.05, 0.1) is 10.5 Å². The maximum absolute atomic E-state index is 13.0. The van der Waals surface area contributed by atoms with Crippen molar-refractivity contribution in [2.24, 2.45) is 0 Å². The number of benzene rings is 3. The van der Waals surface area contributed by atoms with Crippen LogP contribution in [0, 0.1) is 0 Å². The first kappa shape index (κ1) is 20.9. The van der Waals surface area contributed by atoms with Crippen molar-refractivity contribution in [3.8, 4) is 17.4 Å². The number of carbonyl (C=O) groups is 1. The zero-order chi connectivity index (χ0) is 22.7. The first-order chi connectivity index (χ1) is 15.3. The second-order valence-electron chi connectivity index (χ2n) is 6.65. The van der Waals surface area contributed by atoms with Gasteiger partial charge in [-0.25, -0.2) is 4.79 Å². The number of esters is 1. The van der Waals surface area contributed by atoms with Gasteiger partial charge >= 0.3 is 5.97 Å². The van der Waals surface area contributed by atoms with Crippen LogP contribution in [0.5, 0.6) is 17.4 Å². The van der Waals surface area contributed by atoms with E-state index >= 15 is 0 Å². The molecular formula is C22H18N4O5S. The molecule has 0 aliphatic rings. The third-order valence-electron chi connectivity index (χ3n) is 4.35. The van der Waals surface area contributed by atoms with Crippen molar-refractivity contribution >= 4 is 27.5 Å². The normalized spacial score (nSPS) is 11.1. The van der Waals surface area contributed by atoms with Crippen LogP contribution in [0.4, 0.5) is 11.5 Å². The average Bonchev–Trinajstić information content (AvgIpc) is 3.16. The van der Waals surface area contributed by atoms with Crippen molar-refractivity contribution in [1.29, 1.82) is 0 Å². The zero-order valence-corrected chi connectivity index (χ0v) is 17.4. The van der Waals surface area contributed by atoms with Gasteiger partial charge in [0.2, 0.25) is 5.88 Å². The lowest BCUT2D eigenvalue weighted by molar-refractivity contribution is 0.0727. The molecule has 0 aliphatic carbocycles. The summed E-state index contributed by atoms with van der Waals surface area (Å²) >= 11 is 0. The Bertz CT molecular complexity index is 1350. The van der Waals surface area contributed by atoms with E-state index in [9.17, 15) is 13.2 Å². The fourth-order valence-electron chi connectivity index (χ4n) is 2.78. The lowest BCUT2D eigenvalue weighted by Gasteiger charge is -2.08. The minimum atomic E-state index is -4.13. The van der Waals surface area contributed by atoms with Gasteiger partial charge in [-0.3, -0.25) is 0 Å². The van der Waals surface area contributed by atoms with Gasteiger partial charge in [-0.2, -0.15) is 8.42 Å². The second-order valence-corrected chi connectivity index (χ2v) is 8.42. The maximum atomic E-state index is 13.0. The summed E-state index contributed by atoms with van der Waals surface area (Å²) in [7, 11) is -4.13. The van der Waals surface area contributed by atoms with E-state index in [1.165, 1.54) is 36.4 Å². The molecule has 0 bridgehead atoms. The molecule has 0 atom stereocenters. The van der Waals surface area contributed by atoms with Crippen molar-refractivity contribution in [3.63, 3.8) is 0 Å². The summed E-state index contributed by atoms with van der Waals surface area (Å²) in [5.41, 5.74) is 12.1. The van der Waals surface area contributed by atoms with E-state index in [1.807, 2.05) is 18.2 Å². The first-order valence-corrected chi connectivity index (χ1v) is 10.8. The topological polar surface area (TPSA) is 140 Å². The average molecular weight is 450 g/mol. The van der Waals surface area contributed by atoms with Crippen LogP contribution in [0.1, 0.15) is 10.4 Å². The first-order valence-electron chi connectivity index (χ1n) is 9.35. The molecule has 3 aromatic carbocycles. The van der Waals surface area contributed by atoms with Gasteiger partial charge in [0, 0.05) is 11.8 Å². The highest BCUT2D eigenvalue weighted by Gasteiger charge is 2.23. The van der Waals surface area contributed by atoms with E-state index in [0.717, 1.165) is 6.07 Å². The van der Waals surface area contributed by atoms with Crippen LogP contribution in [-0.4, -0.2) is 23.6 Å². The van der Waals surface area contributed by atoms with Crippen LogP contribution in [0.15, 0.2) is 89.8 Å². The highest BCUT2D eigenvalue weighted by atomic mass is 32.2. The van der Waals surface area contributed by atoms with Crippen LogP contribution in [0.25, 0.3) is 0 Å². The Balaban J connectivity index is 1.53. The van der Waals surface area contributed by atoms with E-state index in [2.05, 4.69) is 5.10 Å². The lowest BCUT2D eigenvalue weighted by Crippen LogP contribution is -2.17. The van der Waals surface area contributed by atoms with Crippen LogP contribution < -0.4 is 20.9 Å². The van der Waals surface area contributed by atoms with Gasteiger partial charge in [0.25, 0.3) is 10.0 Å². The number of hydrogen-bond acceptors (Lipinski definition) is 8. The van der Waals surface area contributed by atoms with E-state index < -0.39 is 16.0 Å². The Kier molecular flexibility index (Phi) is 5.52. The number of hydrogen-bond donors (Lipinski definition) is 2. The van der Waals surface area contributed by atoms with Gasteiger partial charge in [0.15, 0.2) is 0 Å². The van der Waals surface area contributed by atoms with Gasteiger partial charge in [0.1, 0.15) is 17.3 Å². The molecule has 0 unspecified atom stereocenters. The second kappa shape index (κ2) is 8.44. The molecule has 0 amide bonds. The van der Waals surface area contributed by atoms with E-state index in [0.29, 0.717) is 21.3 Å². The third-order valence-corrected chi connectivity index (χ3v) is 5.97. The molecule has 0 saturated carbocycles. The highest BCUT2D eigenvalue weighted by Crippen LogP contribution is 2.25. The Morgan fingerprint density at radius 3 is 2.12 bits per heavy atom. The highest BCUT2D eigenvalue weighted by molar-refractivity contribution is 7.90. The predicted octanol–water partition coefficient (Wildman–Crippen LogP) is 3.30. The molecule has 32 heavy (non-hydrogen) atoms. The summed E-state index contributed by atoms with van der Waals surface area (Å²) < 4.78 is 37.3.